The lowest BCUT2D eigenvalue weighted by molar-refractivity contribution is 1.78. The number of thioether (sulfide) groups is 1. The van der Waals surface area contributed by atoms with Crippen LogP contribution in [0.25, 0.3) is 0 Å². The van der Waals surface area contributed by atoms with E-state index >= 15 is 0 Å². The van der Waals surface area contributed by atoms with E-state index in [4.69, 9.17) is 1.37 Å². The Morgan fingerprint density at radius 3 is 3.00 bits per heavy atom. The van der Waals surface area contributed by atoms with Crippen molar-refractivity contribution in [2.45, 2.75) is 0 Å². The van der Waals surface area contributed by atoms with Crippen LogP contribution in [-0.2, 0) is 0 Å². The summed E-state index contributed by atoms with van der Waals surface area (Å²) in [6.45, 7) is 0. The lowest BCUT2D eigenvalue weighted by atomic mass is 10.6. The molecule has 0 saturated carbocycles. The lowest BCUT2D eigenvalue weighted by Crippen LogP contribution is -1.54. The predicted molar refractivity (Wildman–Crippen MR) is 26.5 cm³/mol. The van der Waals surface area contributed by atoms with Gasteiger partial charge in [0.25, 0.3) is 0 Å². The lowest BCUT2D eigenvalue weighted by Gasteiger charge is -1.70. The fourth-order valence-corrected chi connectivity index (χ4v) is 0.833. The van der Waals surface area contributed by atoms with Crippen LogP contribution < -0.4 is 0 Å². The highest BCUT2D eigenvalue weighted by molar-refractivity contribution is 7.99. The molecule has 0 bridgehead atoms. The van der Waals surface area contributed by atoms with E-state index < -0.39 is 0 Å². The van der Waals surface area contributed by atoms with E-state index in [1.54, 1.807) is 11.8 Å². The van der Waals surface area contributed by atoms with Gasteiger partial charge in [-0.1, -0.05) is 12.2 Å². The Morgan fingerprint density at radius 2 is 2.80 bits per heavy atom. The molecular weight excluding hydrogens is 80.1 g/mol. The summed E-state index contributed by atoms with van der Waals surface area (Å²) in [6.07, 6.45) is 3.94. The summed E-state index contributed by atoms with van der Waals surface area (Å²) in [6, 6.07) is 0. The third-order valence-electron chi connectivity index (χ3n) is 0.503. The number of hydrogen-bond donors (Lipinski definition) is 0. The van der Waals surface area contributed by atoms with Crippen molar-refractivity contribution in [1.29, 1.82) is 0 Å². The third kappa shape index (κ3) is 0.690. The minimum absolute atomic E-state index is 0.0324. The van der Waals surface area contributed by atoms with Crippen molar-refractivity contribution in [1.82, 2.24) is 0 Å². The van der Waals surface area contributed by atoms with Gasteiger partial charge in [0.1, 0.15) is 0 Å². The van der Waals surface area contributed by atoms with E-state index in [9.17, 15) is 0 Å². The van der Waals surface area contributed by atoms with E-state index in [1.807, 2.05) is 12.2 Å². The normalized spacial score (nSPS) is 38.4. The average molecular weight is 87.2 g/mol. The van der Waals surface area contributed by atoms with Crippen LogP contribution in [0.15, 0.2) is 12.2 Å². The van der Waals surface area contributed by atoms with Gasteiger partial charge in [-0.25, -0.2) is 0 Å². The molecule has 5 heavy (non-hydrogen) atoms. The van der Waals surface area contributed by atoms with Crippen LogP contribution in [0.2, 0.25) is 0 Å². The first kappa shape index (κ1) is 2.30. The van der Waals surface area contributed by atoms with E-state index in [-0.39, 0.29) is 5.73 Å². The quantitative estimate of drug-likeness (QED) is 0.401. The van der Waals surface area contributed by atoms with E-state index in [2.05, 4.69) is 0 Å². The Balaban J connectivity index is 2.38. The van der Waals surface area contributed by atoms with Crippen LogP contribution in [0.4, 0.5) is 0 Å². The Hall–Kier alpha value is 0.0900. The van der Waals surface area contributed by atoms with Crippen molar-refractivity contribution in [3.8, 4) is 0 Å². The summed E-state index contributed by atoms with van der Waals surface area (Å²) >= 11 is 1.65. The molecule has 0 aromatic rings. The molecule has 1 heteroatoms. The van der Waals surface area contributed by atoms with Crippen LogP contribution in [0.3, 0.4) is 0 Å². The monoisotopic (exact) mass is 87.0 g/mol. The maximum Gasteiger partial charge on any atom is 0.0424 e. The standard InChI is InChI=1S/C4H6S/c1-2-4-5-3-1/h1-2H,3-4H2/i3D. The molecule has 1 heterocycles. The smallest absolute Gasteiger partial charge is 0.0424 e. The fourth-order valence-electron chi connectivity index (χ4n) is 0.278. The Labute approximate surface area is 37.7 Å². The van der Waals surface area contributed by atoms with Crippen LogP contribution in [0, 0.1) is 0 Å². The Morgan fingerprint density at radius 1 is 1.80 bits per heavy atom. The maximum absolute atomic E-state index is 7.01. The molecule has 0 fully saturated rings. The van der Waals surface area contributed by atoms with Crippen molar-refractivity contribution in [2.75, 3.05) is 11.5 Å². The molecule has 1 rings (SSSR count). The first-order valence-corrected chi connectivity index (χ1v) is 2.65. The topological polar surface area (TPSA) is 0 Å². The summed E-state index contributed by atoms with van der Waals surface area (Å²) in [5, 5.41) is 0. The molecule has 28 valence electrons. The number of hydrogen-bond acceptors (Lipinski definition) is 1. The second-order valence-corrected chi connectivity index (χ2v) is 1.84. The van der Waals surface area contributed by atoms with Gasteiger partial charge in [-0.3, -0.25) is 0 Å². The van der Waals surface area contributed by atoms with E-state index in [0.29, 0.717) is 0 Å². The fraction of sp³-hybridized carbons (Fsp3) is 0.500. The van der Waals surface area contributed by atoms with Gasteiger partial charge < -0.3 is 0 Å². The Bertz CT molecular complexity index is 69.9. The zero-order valence-corrected chi connectivity index (χ0v) is 3.66. The average Bonchev–Trinajstić information content (AvgIpc) is 1.86. The van der Waals surface area contributed by atoms with Gasteiger partial charge >= 0.3 is 0 Å². The zero-order chi connectivity index (χ0) is 4.41. The highest BCUT2D eigenvalue weighted by Crippen LogP contribution is 2.06. The predicted octanol–water partition coefficient (Wildman–Crippen LogP) is 1.29. The molecule has 1 aliphatic heterocycles. The van der Waals surface area contributed by atoms with E-state index in [0.717, 1.165) is 5.75 Å². The minimum atomic E-state index is 0.0324. The largest absolute Gasteiger partial charge is 0.154 e. The molecule has 0 amide bonds. The second-order valence-electron chi connectivity index (χ2n) is 0.898. The molecule has 0 N–H and O–H groups in total. The molecule has 1 atom stereocenters. The molecule has 1 unspecified atom stereocenters. The molecular formula is C4H6S. The first-order valence-electron chi connectivity index (χ1n) is 2.18. The number of rotatable bonds is 0. The molecule has 0 radical (unpaired) electrons. The van der Waals surface area contributed by atoms with Crippen molar-refractivity contribution >= 4 is 11.8 Å². The summed E-state index contributed by atoms with van der Waals surface area (Å²) < 4.78 is 7.01. The minimum Gasteiger partial charge on any atom is -0.154 e. The van der Waals surface area contributed by atoms with Gasteiger partial charge in [-0.15, -0.1) is 0 Å². The van der Waals surface area contributed by atoms with Crippen LogP contribution in [0.1, 0.15) is 1.37 Å². The molecule has 0 nitrogen and oxygen atoms in total. The zero-order valence-electron chi connectivity index (χ0n) is 3.85. The van der Waals surface area contributed by atoms with Crippen LogP contribution >= 0.6 is 11.8 Å². The van der Waals surface area contributed by atoms with Crippen molar-refractivity contribution in [2.24, 2.45) is 0 Å². The second kappa shape index (κ2) is 1.51. The summed E-state index contributed by atoms with van der Waals surface area (Å²) in [5.41, 5.74) is 0.0324. The SMILES string of the molecule is [2H]C1C=CCS1. The molecule has 1 aliphatic rings. The van der Waals surface area contributed by atoms with Gasteiger partial charge in [-0.05, 0) is 0 Å². The van der Waals surface area contributed by atoms with Gasteiger partial charge in [-0.2, -0.15) is 11.8 Å². The van der Waals surface area contributed by atoms with Crippen molar-refractivity contribution in [3.05, 3.63) is 12.2 Å². The van der Waals surface area contributed by atoms with Gasteiger partial charge in [0.05, 0.1) is 0 Å². The van der Waals surface area contributed by atoms with Crippen molar-refractivity contribution in [3.63, 3.8) is 0 Å². The summed E-state index contributed by atoms with van der Waals surface area (Å²) in [4.78, 5) is 0. The van der Waals surface area contributed by atoms with Crippen molar-refractivity contribution < 1.29 is 1.37 Å². The van der Waals surface area contributed by atoms with Gasteiger partial charge in [0, 0.05) is 12.9 Å². The Kier molecular flexibility index (Phi) is 0.692. The maximum atomic E-state index is 7.01. The van der Waals surface area contributed by atoms with Crippen LogP contribution in [-0.4, -0.2) is 11.5 Å². The summed E-state index contributed by atoms with van der Waals surface area (Å²) in [7, 11) is 0. The first-order chi connectivity index (χ1) is 2.89. The third-order valence-corrected chi connectivity index (χ3v) is 1.24. The summed E-state index contributed by atoms with van der Waals surface area (Å²) in [5.74, 6) is 1.04. The van der Waals surface area contributed by atoms with Gasteiger partial charge in [0.2, 0.25) is 0 Å². The van der Waals surface area contributed by atoms with E-state index in [1.165, 1.54) is 0 Å². The highest BCUT2D eigenvalue weighted by Gasteiger charge is 1.84. The van der Waals surface area contributed by atoms with Crippen LogP contribution in [0.5, 0.6) is 0 Å². The molecule has 0 saturated heterocycles. The molecule has 0 aliphatic carbocycles. The molecule has 0 aromatic carbocycles. The van der Waals surface area contributed by atoms with Gasteiger partial charge in [0.15, 0.2) is 0 Å². The highest BCUT2D eigenvalue weighted by atomic mass is 32.2. The molecule has 0 aromatic heterocycles. The molecule has 0 spiro atoms.